The summed E-state index contributed by atoms with van der Waals surface area (Å²) in [7, 11) is 0. The molecule has 144 valence electrons. The number of carbonyl (C=O) groups excluding carboxylic acids is 1. The van der Waals surface area contributed by atoms with E-state index < -0.39 is 5.82 Å². The van der Waals surface area contributed by atoms with Crippen LogP contribution in [0.4, 0.5) is 8.78 Å². The van der Waals surface area contributed by atoms with Crippen LogP contribution in [-0.4, -0.2) is 27.1 Å². The second kappa shape index (κ2) is 7.42. The Bertz CT molecular complexity index is 1030. The molecule has 7 heteroatoms. The monoisotopic (exact) mass is 383 g/mol. The maximum Gasteiger partial charge on any atom is 0.257 e. The first-order valence-electron chi connectivity index (χ1n) is 8.99. The molecule has 0 unspecified atom stereocenters. The van der Waals surface area contributed by atoms with Gasteiger partial charge >= 0.3 is 0 Å². The predicted octanol–water partition coefficient (Wildman–Crippen LogP) is 3.70. The molecule has 1 aromatic heterocycles. The fourth-order valence-corrected chi connectivity index (χ4v) is 3.25. The molecule has 1 amide bonds. The van der Waals surface area contributed by atoms with Crippen molar-refractivity contribution in [3.63, 3.8) is 0 Å². The van der Waals surface area contributed by atoms with Crippen LogP contribution in [0.5, 0.6) is 5.88 Å². The van der Waals surface area contributed by atoms with Gasteiger partial charge in [0.1, 0.15) is 18.2 Å². The minimum Gasteiger partial charge on any atom is -0.472 e. The maximum absolute atomic E-state index is 14.3. The molecule has 1 aliphatic heterocycles. The first-order valence-corrected chi connectivity index (χ1v) is 8.99. The van der Waals surface area contributed by atoms with Crippen molar-refractivity contribution in [3.05, 3.63) is 82.5 Å². The summed E-state index contributed by atoms with van der Waals surface area (Å²) in [6.45, 7) is 3.09. The fraction of sp³-hybridized carbons (Fsp3) is 0.238. The van der Waals surface area contributed by atoms with Gasteiger partial charge in [0.25, 0.3) is 5.91 Å². The lowest BCUT2D eigenvalue weighted by molar-refractivity contribution is 0.0701. The summed E-state index contributed by atoms with van der Waals surface area (Å²) in [5, 5.41) is 4.38. The van der Waals surface area contributed by atoms with Crippen LogP contribution in [0.3, 0.4) is 0 Å². The third kappa shape index (κ3) is 3.60. The van der Waals surface area contributed by atoms with Crippen molar-refractivity contribution in [2.45, 2.75) is 26.6 Å². The molecule has 0 spiro atoms. The van der Waals surface area contributed by atoms with Gasteiger partial charge in [-0.3, -0.25) is 9.48 Å². The van der Waals surface area contributed by atoms with E-state index in [0.29, 0.717) is 36.6 Å². The SMILES string of the molecule is Cc1cccc(C(=O)N2CCn3nc(OCc4cccc(F)c4)cc3C2)c1F. The van der Waals surface area contributed by atoms with Crippen molar-refractivity contribution in [1.29, 1.82) is 0 Å². The summed E-state index contributed by atoms with van der Waals surface area (Å²) in [6.07, 6.45) is 0. The molecule has 0 saturated carbocycles. The largest absolute Gasteiger partial charge is 0.472 e. The lowest BCUT2D eigenvalue weighted by Crippen LogP contribution is -2.38. The summed E-state index contributed by atoms with van der Waals surface area (Å²) < 4.78 is 35.0. The first-order chi connectivity index (χ1) is 13.5. The number of rotatable bonds is 4. The Morgan fingerprint density at radius 2 is 1.96 bits per heavy atom. The highest BCUT2D eigenvalue weighted by Crippen LogP contribution is 2.22. The van der Waals surface area contributed by atoms with Crippen molar-refractivity contribution >= 4 is 5.91 Å². The molecule has 3 aromatic rings. The Kier molecular flexibility index (Phi) is 4.81. The minimum absolute atomic E-state index is 0.0792. The molecule has 28 heavy (non-hydrogen) atoms. The smallest absolute Gasteiger partial charge is 0.257 e. The molecule has 4 rings (SSSR count). The van der Waals surface area contributed by atoms with E-state index in [1.54, 1.807) is 46.8 Å². The Morgan fingerprint density at radius 3 is 2.79 bits per heavy atom. The van der Waals surface area contributed by atoms with E-state index in [4.69, 9.17) is 4.74 Å². The number of carbonyl (C=O) groups is 1. The standard InChI is InChI=1S/C21H19F2N3O2/c1-14-4-2-7-18(20(14)23)21(27)25-8-9-26-17(12-25)11-19(24-26)28-13-15-5-3-6-16(22)10-15/h2-7,10-11H,8-9,12-13H2,1H3. The van der Waals surface area contributed by atoms with E-state index in [2.05, 4.69) is 5.10 Å². The average molecular weight is 383 g/mol. The third-order valence-corrected chi connectivity index (χ3v) is 4.76. The van der Waals surface area contributed by atoms with E-state index in [1.165, 1.54) is 18.2 Å². The molecule has 0 bridgehead atoms. The van der Waals surface area contributed by atoms with Crippen molar-refractivity contribution < 1.29 is 18.3 Å². The van der Waals surface area contributed by atoms with Gasteiger partial charge in [-0.05, 0) is 36.2 Å². The second-order valence-electron chi connectivity index (χ2n) is 6.78. The third-order valence-electron chi connectivity index (χ3n) is 4.76. The van der Waals surface area contributed by atoms with Crippen LogP contribution in [0, 0.1) is 18.6 Å². The normalized spacial score (nSPS) is 13.3. The molecule has 1 aliphatic rings. The van der Waals surface area contributed by atoms with Gasteiger partial charge in [0.05, 0.1) is 24.3 Å². The van der Waals surface area contributed by atoms with Gasteiger partial charge in [-0.25, -0.2) is 8.78 Å². The highest BCUT2D eigenvalue weighted by Gasteiger charge is 2.25. The van der Waals surface area contributed by atoms with Crippen molar-refractivity contribution in [1.82, 2.24) is 14.7 Å². The van der Waals surface area contributed by atoms with Crippen molar-refractivity contribution in [2.24, 2.45) is 0 Å². The van der Waals surface area contributed by atoms with Gasteiger partial charge in [-0.15, -0.1) is 5.10 Å². The number of ether oxygens (including phenoxy) is 1. The van der Waals surface area contributed by atoms with Crippen LogP contribution in [0.2, 0.25) is 0 Å². The van der Waals surface area contributed by atoms with Crippen LogP contribution in [-0.2, 0) is 19.7 Å². The van der Waals surface area contributed by atoms with Gasteiger partial charge in [-0.1, -0.05) is 24.3 Å². The topological polar surface area (TPSA) is 47.4 Å². The number of benzene rings is 2. The van der Waals surface area contributed by atoms with E-state index >= 15 is 0 Å². The molecule has 0 saturated heterocycles. The van der Waals surface area contributed by atoms with Gasteiger partial charge < -0.3 is 9.64 Å². The zero-order chi connectivity index (χ0) is 19.7. The second-order valence-corrected chi connectivity index (χ2v) is 6.78. The zero-order valence-electron chi connectivity index (χ0n) is 15.4. The van der Waals surface area contributed by atoms with Crippen LogP contribution in [0.25, 0.3) is 0 Å². The Balaban J connectivity index is 1.45. The molecular formula is C21H19F2N3O2. The molecule has 0 radical (unpaired) electrons. The van der Waals surface area contributed by atoms with E-state index in [-0.39, 0.29) is 23.9 Å². The molecule has 2 heterocycles. The zero-order valence-corrected chi connectivity index (χ0v) is 15.4. The Labute approximate surface area is 161 Å². The molecular weight excluding hydrogens is 364 g/mol. The number of halogens is 2. The molecule has 0 aliphatic carbocycles. The van der Waals surface area contributed by atoms with E-state index in [1.807, 2.05) is 0 Å². The molecule has 0 atom stereocenters. The van der Waals surface area contributed by atoms with Crippen LogP contribution in [0.1, 0.15) is 27.2 Å². The number of amides is 1. The molecule has 2 aromatic carbocycles. The number of nitrogens with zero attached hydrogens (tertiary/aromatic N) is 3. The van der Waals surface area contributed by atoms with Gasteiger partial charge in [-0.2, -0.15) is 0 Å². The summed E-state index contributed by atoms with van der Waals surface area (Å²) in [5.74, 6) is -0.723. The highest BCUT2D eigenvalue weighted by molar-refractivity contribution is 5.94. The molecule has 0 fully saturated rings. The lowest BCUT2D eigenvalue weighted by Gasteiger charge is -2.27. The van der Waals surface area contributed by atoms with Gasteiger partial charge in [0, 0.05) is 12.6 Å². The number of aromatic nitrogens is 2. The van der Waals surface area contributed by atoms with E-state index in [0.717, 1.165) is 5.69 Å². The van der Waals surface area contributed by atoms with Gasteiger partial charge in [0.15, 0.2) is 0 Å². The number of hydrogen-bond donors (Lipinski definition) is 0. The summed E-state index contributed by atoms with van der Waals surface area (Å²) in [5.41, 5.74) is 2.04. The molecule has 0 N–H and O–H groups in total. The number of hydrogen-bond acceptors (Lipinski definition) is 3. The van der Waals surface area contributed by atoms with Crippen LogP contribution >= 0.6 is 0 Å². The summed E-state index contributed by atoms with van der Waals surface area (Å²) >= 11 is 0. The van der Waals surface area contributed by atoms with Crippen molar-refractivity contribution in [2.75, 3.05) is 6.54 Å². The Morgan fingerprint density at radius 1 is 1.14 bits per heavy atom. The predicted molar refractivity (Wildman–Crippen MR) is 98.8 cm³/mol. The van der Waals surface area contributed by atoms with Crippen molar-refractivity contribution in [3.8, 4) is 5.88 Å². The fourth-order valence-electron chi connectivity index (χ4n) is 3.25. The lowest BCUT2D eigenvalue weighted by atomic mass is 10.1. The van der Waals surface area contributed by atoms with E-state index in [9.17, 15) is 13.6 Å². The quantitative estimate of drug-likeness (QED) is 0.690. The highest BCUT2D eigenvalue weighted by atomic mass is 19.1. The summed E-state index contributed by atoms with van der Waals surface area (Å²) in [6, 6.07) is 12.8. The van der Waals surface area contributed by atoms with Crippen LogP contribution in [0.15, 0.2) is 48.5 Å². The first kappa shape index (κ1) is 18.2. The average Bonchev–Trinajstić information content (AvgIpc) is 3.10. The summed E-state index contributed by atoms with van der Waals surface area (Å²) in [4.78, 5) is 14.3. The Hall–Kier alpha value is -3.22. The van der Waals surface area contributed by atoms with Gasteiger partial charge in [0.2, 0.25) is 5.88 Å². The molecule has 5 nitrogen and oxygen atoms in total. The maximum atomic E-state index is 14.3. The minimum atomic E-state index is -0.481. The van der Waals surface area contributed by atoms with Crippen LogP contribution < -0.4 is 4.74 Å². The number of fused-ring (bicyclic) bond motifs is 1. The number of aryl methyl sites for hydroxylation is 1.